The van der Waals surface area contributed by atoms with Crippen LogP contribution in [0.4, 0.5) is 17.6 Å². The molecule has 0 bridgehead atoms. The number of nitrogens with one attached hydrogen (secondary N) is 2. The van der Waals surface area contributed by atoms with E-state index in [0.29, 0.717) is 31.7 Å². The van der Waals surface area contributed by atoms with Crippen LogP contribution in [0.25, 0.3) is 11.3 Å². The van der Waals surface area contributed by atoms with Gasteiger partial charge in [-0.1, -0.05) is 12.1 Å². The molecular weight excluding hydrogens is 468 g/mol. The van der Waals surface area contributed by atoms with Crippen LogP contribution in [0.3, 0.4) is 0 Å². The molecular formula is C24H22F4N4O3. The Morgan fingerprint density at radius 2 is 1.77 bits per heavy atom. The van der Waals surface area contributed by atoms with Gasteiger partial charge < -0.3 is 15.0 Å². The molecule has 0 radical (unpaired) electrons. The zero-order chi connectivity index (χ0) is 25.0. The van der Waals surface area contributed by atoms with Gasteiger partial charge >= 0.3 is 6.18 Å². The van der Waals surface area contributed by atoms with Gasteiger partial charge in [-0.2, -0.15) is 18.3 Å². The predicted molar refractivity (Wildman–Crippen MR) is 118 cm³/mol. The molecule has 3 aromatic rings. The summed E-state index contributed by atoms with van der Waals surface area (Å²) in [5.74, 6) is -0.953. The third-order valence-electron chi connectivity index (χ3n) is 5.65. The molecule has 2 heterocycles. The van der Waals surface area contributed by atoms with Crippen molar-refractivity contribution in [1.29, 1.82) is 0 Å². The van der Waals surface area contributed by atoms with Crippen LogP contribution in [0.5, 0.6) is 5.75 Å². The largest absolute Gasteiger partial charge is 0.490 e. The molecule has 0 atom stereocenters. The van der Waals surface area contributed by atoms with Gasteiger partial charge in [0.2, 0.25) is 5.91 Å². The number of alkyl halides is 3. The monoisotopic (exact) mass is 490 g/mol. The Hall–Kier alpha value is -3.89. The number of nitrogens with zero attached hydrogens (tertiary/aromatic N) is 2. The van der Waals surface area contributed by atoms with Crippen LogP contribution in [0.15, 0.2) is 54.6 Å². The predicted octanol–water partition coefficient (Wildman–Crippen LogP) is 4.03. The summed E-state index contributed by atoms with van der Waals surface area (Å²) in [5.41, 5.74) is -0.124. The van der Waals surface area contributed by atoms with Gasteiger partial charge in [0.15, 0.2) is 0 Å². The third-order valence-corrected chi connectivity index (χ3v) is 5.65. The van der Waals surface area contributed by atoms with Crippen LogP contribution < -0.4 is 10.1 Å². The van der Waals surface area contributed by atoms with Gasteiger partial charge in [0.05, 0.1) is 17.8 Å². The van der Waals surface area contributed by atoms with Gasteiger partial charge in [-0.05, 0) is 42.5 Å². The van der Waals surface area contributed by atoms with Crippen LogP contribution in [0.1, 0.15) is 28.9 Å². The summed E-state index contributed by atoms with van der Waals surface area (Å²) < 4.78 is 57.6. The molecule has 1 aromatic heterocycles. The summed E-state index contributed by atoms with van der Waals surface area (Å²) in [6.45, 7) is 0.556. The highest BCUT2D eigenvalue weighted by Gasteiger charge is 2.30. The van der Waals surface area contributed by atoms with Crippen molar-refractivity contribution in [3.63, 3.8) is 0 Å². The molecule has 0 unspecified atom stereocenters. The SMILES string of the molecule is O=C(NCC(=O)N1CCC(Oc2ccc(C(F)(F)F)cc2)CC1)c1cc(-c2ccccc2F)n[nH]1. The van der Waals surface area contributed by atoms with E-state index in [1.165, 1.54) is 24.3 Å². The number of ether oxygens (including phenoxy) is 1. The number of carbonyl (C=O) groups is 2. The maximum Gasteiger partial charge on any atom is 0.416 e. The molecule has 0 spiro atoms. The fourth-order valence-electron chi connectivity index (χ4n) is 3.75. The Morgan fingerprint density at radius 1 is 1.09 bits per heavy atom. The Bertz CT molecular complexity index is 1190. The number of hydrogen-bond donors (Lipinski definition) is 2. The van der Waals surface area contributed by atoms with Crippen LogP contribution in [-0.4, -0.2) is 52.6 Å². The normalized spacial score (nSPS) is 14.6. The first kappa shape index (κ1) is 24.2. The number of hydrogen-bond acceptors (Lipinski definition) is 4. The van der Waals surface area contributed by atoms with E-state index in [0.717, 1.165) is 12.1 Å². The number of piperidine rings is 1. The smallest absolute Gasteiger partial charge is 0.416 e. The second-order valence-corrected chi connectivity index (χ2v) is 8.05. The van der Waals surface area contributed by atoms with E-state index in [9.17, 15) is 27.2 Å². The summed E-state index contributed by atoms with van der Waals surface area (Å²) in [6.07, 6.45) is -3.62. The minimum Gasteiger partial charge on any atom is -0.490 e. The maximum absolute atomic E-state index is 13.9. The molecule has 7 nitrogen and oxygen atoms in total. The molecule has 1 fully saturated rings. The molecule has 1 saturated heterocycles. The van der Waals surface area contributed by atoms with Crippen molar-refractivity contribution in [3.05, 3.63) is 71.7 Å². The van der Waals surface area contributed by atoms with E-state index in [-0.39, 0.29) is 35.5 Å². The van der Waals surface area contributed by atoms with Crippen molar-refractivity contribution >= 4 is 11.8 Å². The number of halogens is 4. The maximum atomic E-state index is 13.9. The molecule has 0 saturated carbocycles. The van der Waals surface area contributed by atoms with E-state index in [4.69, 9.17) is 4.74 Å². The Balaban J connectivity index is 1.23. The number of rotatable bonds is 6. The molecule has 35 heavy (non-hydrogen) atoms. The lowest BCUT2D eigenvalue weighted by Gasteiger charge is -2.32. The fraction of sp³-hybridized carbons (Fsp3) is 0.292. The van der Waals surface area contributed by atoms with Crippen molar-refractivity contribution < 1.29 is 31.9 Å². The number of H-pyrrole nitrogens is 1. The summed E-state index contributed by atoms with van der Waals surface area (Å²) in [6, 6.07) is 11.9. The minimum absolute atomic E-state index is 0.0969. The van der Waals surface area contributed by atoms with Gasteiger partial charge in [0.1, 0.15) is 23.4 Å². The molecule has 2 N–H and O–H groups in total. The van der Waals surface area contributed by atoms with E-state index in [2.05, 4.69) is 15.5 Å². The second kappa shape index (κ2) is 10.2. The van der Waals surface area contributed by atoms with E-state index >= 15 is 0 Å². The Labute approximate surface area is 198 Å². The third kappa shape index (κ3) is 5.97. The number of aromatic nitrogens is 2. The van der Waals surface area contributed by atoms with Crippen molar-refractivity contribution in [2.45, 2.75) is 25.1 Å². The summed E-state index contributed by atoms with van der Waals surface area (Å²) in [5, 5.41) is 9.02. The van der Waals surface area contributed by atoms with Crippen LogP contribution in [0, 0.1) is 5.82 Å². The number of likely N-dealkylation sites (tertiary alicyclic amines) is 1. The minimum atomic E-state index is -4.40. The van der Waals surface area contributed by atoms with E-state index < -0.39 is 23.5 Å². The quantitative estimate of drug-likeness (QED) is 0.511. The zero-order valence-electron chi connectivity index (χ0n) is 18.4. The lowest BCUT2D eigenvalue weighted by atomic mass is 10.1. The topological polar surface area (TPSA) is 87.3 Å². The van der Waals surface area contributed by atoms with E-state index in [1.807, 2.05) is 0 Å². The molecule has 1 aliphatic heterocycles. The number of carbonyl (C=O) groups excluding carboxylic acids is 2. The standard InChI is InChI=1S/C24H22F4N4O3/c25-19-4-2-1-3-18(19)20-13-21(31-30-20)23(34)29-14-22(33)32-11-9-17(10-12-32)35-16-7-5-15(6-8-16)24(26,27)28/h1-8,13,17H,9-12,14H2,(H,29,34)(H,30,31). The molecule has 2 amide bonds. The molecule has 2 aromatic carbocycles. The molecule has 0 aliphatic carbocycles. The fourth-order valence-corrected chi connectivity index (χ4v) is 3.75. The average molecular weight is 490 g/mol. The average Bonchev–Trinajstić information content (AvgIpc) is 3.33. The Kier molecular flexibility index (Phi) is 7.04. The van der Waals surface area contributed by atoms with Crippen molar-refractivity contribution in [1.82, 2.24) is 20.4 Å². The molecule has 11 heteroatoms. The molecule has 1 aliphatic rings. The van der Waals surface area contributed by atoms with Gasteiger partial charge in [-0.25, -0.2) is 4.39 Å². The number of benzene rings is 2. The van der Waals surface area contributed by atoms with Crippen molar-refractivity contribution in [2.75, 3.05) is 19.6 Å². The lowest BCUT2D eigenvalue weighted by Crippen LogP contribution is -2.46. The second-order valence-electron chi connectivity index (χ2n) is 8.05. The van der Waals surface area contributed by atoms with Crippen molar-refractivity contribution in [2.24, 2.45) is 0 Å². The summed E-state index contributed by atoms with van der Waals surface area (Å²) >= 11 is 0. The highest BCUT2D eigenvalue weighted by molar-refractivity contribution is 5.95. The van der Waals surface area contributed by atoms with E-state index in [1.54, 1.807) is 23.1 Å². The van der Waals surface area contributed by atoms with Crippen molar-refractivity contribution in [3.8, 4) is 17.0 Å². The first-order valence-corrected chi connectivity index (χ1v) is 10.9. The van der Waals surface area contributed by atoms with Gasteiger partial charge in [-0.3, -0.25) is 14.7 Å². The highest BCUT2D eigenvalue weighted by Crippen LogP contribution is 2.31. The Morgan fingerprint density at radius 3 is 2.43 bits per heavy atom. The number of aromatic amines is 1. The molecule has 184 valence electrons. The highest BCUT2D eigenvalue weighted by atomic mass is 19.4. The first-order valence-electron chi connectivity index (χ1n) is 10.9. The first-order chi connectivity index (χ1) is 16.7. The van der Waals surface area contributed by atoms with Gasteiger partial charge in [0, 0.05) is 31.5 Å². The van der Waals surface area contributed by atoms with Crippen LogP contribution in [-0.2, 0) is 11.0 Å². The molecule has 4 rings (SSSR count). The number of amides is 2. The lowest BCUT2D eigenvalue weighted by molar-refractivity contribution is -0.137. The van der Waals surface area contributed by atoms with Gasteiger partial charge in [0.25, 0.3) is 5.91 Å². The zero-order valence-corrected chi connectivity index (χ0v) is 18.4. The van der Waals surface area contributed by atoms with Crippen LogP contribution in [0.2, 0.25) is 0 Å². The van der Waals surface area contributed by atoms with Gasteiger partial charge in [-0.15, -0.1) is 0 Å². The summed E-state index contributed by atoms with van der Waals surface area (Å²) in [4.78, 5) is 26.4. The summed E-state index contributed by atoms with van der Waals surface area (Å²) in [7, 11) is 0. The van der Waals surface area contributed by atoms with Crippen LogP contribution >= 0.6 is 0 Å².